The van der Waals surface area contributed by atoms with Crippen LogP contribution >= 0.6 is 0 Å². The highest BCUT2D eigenvalue weighted by molar-refractivity contribution is 5.96. The number of fused-ring (bicyclic) bond motifs is 6. The number of carboxylic acid groups (broad SMARTS) is 2. The Morgan fingerprint density at radius 2 is 1.68 bits per heavy atom. The first kappa shape index (κ1) is 60.8. The number of quaternary nitrogens is 1. The number of hydrogen-bond donors (Lipinski definition) is 6. The Hall–Kier alpha value is -7.30. The first-order valence-electron chi connectivity index (χ1n) is 29.9. The van der Waals surface area contributed by atoms with Crippen molar-refractivity contribution >= 4 is 64.2 Å². The van der Waals surface area contributed by atoms with Gasteiger partial charge in [0.15, 0.2) is 12.6 Å². The summed E-state index contributed by atoms with van der Waals surface area (Å²) in [7, 11) is 5.98. The number of likely N-dealkylation sites (N-methyl/N-ethyl adjacent to an activating group) is 1. The molecule has 1 saturated carbocycles. The summed E-state index contributed by atoms with van der Waals surface area (Å²) in [5, 5.41) is 38.6. The van der Waals surface area contributed by atoms with E-state index in [-0.39, 0.29) is 31.3 Å². The van der Waals surface area contributed by atoms with Crippen molar-refractivity contribution in [1.29, 1.82) is 0 Å². The molecule has 3 amide bonds. The van der Waals surface area contributed by atoms with E-state index in [0.29, 0.717) is 105 Å². The highest BCUT2D eigenvalue weighted by Crippen LogP contribution is 2.68. The monoisotopic (exact) mass is 1180 g/mol. The fourth-order valence-corrected chi connectivity index (χ4v) is 16.9. The van der Waals surface area contributed by atoms with Gasteiger partial charge in [0, 0.05) is 90.2 Å². The van der Waals surface area contributed by atoms with Gasteiger partial charge in [-0.2, -0.15) is 0 Å². The number of esters is 3. The summed E-state index contributed by atoms with van der Waals surface area (Å²) in [5.41, 5.74) is -0.871. The van der Waals surface area contributed by atoms with E-state index >= 15 is 9.59 Å². The summed E-state index contributed by atoms with van der Waals surface area (Å²) in [5.74, 6) is -7.27. The van der Waals surface area contributed by atoms with Gasteiger partial charge in [0.2, 0.25) is 17.4 Å². The summed E-state index contributed by atoms with van der Waals surface area (Å²) >= 11 is 0. The van der Waals surface area contributed by atoms with Crippen LogP contribution in [0.1, 0.15) is 108 Å². The number of nitrogens with zero attached hydrogens (tertiary/aromatic N) is 4. The Morgan fingerprint density at radius 1 is 0.941 bits per heavy atom. The van der Waals surface area contributed by atoms with Crippen molar-refractivity contribution in [3.63, 3.8) is 0 Å². The number of carbonyl (C=O) groups is 8. The van der Waals surface area contributed by atoms with Gasteiger partial charge in [-0.15, -0.1) is 0 Å². The van der Waals surface area contributed by atoms with Crippen molar-refractivity contribution in [2.75, 3.05) is 79.1 Å². The zero-order valence-electron chi connectivity index (χ0n) is 50.2. The molecule has 10 rings (SSSR count). The highest BCUT2D eigenvalue weighted by atomic mass is 16.6. The molecule has 1 aliphatic carbocycles. The minimum Gasteiger partial charge on any atom is -0.496 e. The zero-order valence-corrected chi connectivity index (χ0v) is 50.2. The lowest BCUT2D eigenvalue weighted by Crippen LogP contribution is -2.81. The van der Waals surface area contributed by atoms with E-state index in [1.54, 1.807) is 18.9 Å². The Kier molecular flexibility index (Phi) is 16.3. The Morgan fingerprint density at radius 3 is 2.34 bits per heavy atom. The topological polar surface area (TPSA) is 284 Å². The number of anilines is 1. The maximum Gasteiger partial charge on any atom is 0.344 e. The Balaban J connectivity index is 1.08. The molecular weight excluding hydrogens is 1090 g/mol. The quantitative estimate of drug-likeness (QED) is 0.0456. The second-order valence-electron chi connectivity index (χ2n) is 24.9. The van der Waals surface area contributed by atoms with Gasteiger partial charge in [-0.05, 0) is 79.8 Å². The van der Waals surface area contributed by atoms with Gasteiger partial charge < -0.3 is 64.2 Å². The first-order valence-corrected chi connectivity index (χ1v) is 29.9. The molecule has 1 aromatic heterocycles. The number of methoxy groups -OCH3 is 3. The van der Waals surface area contributed by atoms with Crippen LogP contribution < -0.4 is 20.3 Å². The van der Waals surface area contributed by atoms with Crippen LogP contribution in [-0.4, -0.2) is 198 Å². The molecule has 3 fully saturated rings. The van der Waals surface area contributed by atoms with E-state index in [9.17, 15) is 44.1 Å². The molecule has 13 atom stereocenters. The molecule has 22 heteroatoms. The number of aromatic nitrogens is 1. The van der Waals surface area contributed by atoms with Crippen LogP contribution in [0.3, 0.4) is 0 Å². The van der Waals surface area contributed by atoms with Crippen LogP contribution in [0.25, 0.3) is 10.9 Å². The standard InChI is InChI=1S/C63H81N7O15/c1-10-35(4)50(53(76)65-44(54(77)78)29-49(73)74)66-52(75)45-19-15-24-69(45)48(72)34-70-26-20-40-39-17-13-14-18-43(39)64-51(40)62(58(79)83-8,31-38(33-70)27-37(11-2)32-70)42-28-41-46(30-47(42)82-7)67(6)56-61(41)22-25-68-23-16-21-60(12-3,55(61)68)57(85-36(5)71)63(56,81)59(80)84-9/h13-14,16-18,21,27-28,30,35,38,44-45,50,55-57,64,81H,10-12,15,19-20,22-26,29,31-34H2,1-9H3,(H3-,65,66,73,74,75,76,77,78)/p+1/t35-,38-,44-,45-,50-,55-,56+,57+,60+,61+,62-,63-,70?/m0/s1. The number of H-pyrrole nitrogens is 1. The number of aromatic amines is 1. The lowest BCUT2D eigenvalue weighted by atomic mass is 9.47. The predicted molar refractivity (Wildman–Crippen MR) is 310 cm³/mol. The molecule has 6 N–H and O–H groups in total. The van der Waals surface area contributed by atoms with Crippen molar-refractivity contribution in [3.8, 4) is 5.75 Å². The normalized spacial score (nSPS) is 31.0. The number of hydrogen-bond acceptors (Lipinski definition) is 15. The molecule has 2 aromatic carbocycles. The third-order valence-corrected chi connectivity index (χ3v) is 20.6. The number of likely N-dealkylation sites (tertiary alicyclic amines) is 1. The van der Waals surface area contributed by atoms with Crippen LogP contribution in [0.2, 0.25) is 0 Å². The molecule has 1 unspecified atom stereocenters. The van der Waals surface area contributed by atoms with Crippen LogP contribution in [0.4, 0.5) is 5.69 Å². The Bertz CT molecular complexity index is 3290. The number of amides is 3. The van der Waals surface area contributed by atoms with Crippen LogP contribution in [-0.2, 0) is 69.8 Å². The molecule has 2 saturated heterocycles. The van der Waals surface area contributed by atoms with Gasteiger partial charge in [-0.1, -0.05) is 70.5 Å². The molecule has 7 heterocycles. The van der Waals surface area contributed by atoms with Crippen molar-refractivity contribution in [2.24, 2.45) is 17.3 Å². The zero-order chi connectivity index (χ0) is 61.3. The number of benzene rings is 2. The third-order valence-electron chi connectivity index (χ3n) is 20.6. The van der Waals surface area contributed by atoms with E-state index in [4.69, 9.17) is 18.9 Å². The van der Waals surface area contributed by atoms with Gasteiger partial charge in [0.25, 0.3) is 5.91 Å². The number of ether oxygens (including phenoxy) is 4. The van der Waals surface area contributed by atoms with Gasteiger partial charge in [0.05, 0.1) is 46.9 Å². The summed E-state index contributed by atoms with van der Waals surface area (Å²) in [4.78, 5) is 120. The Labute approximate surface area is 494 Å². The van der Waals surface area contributed by atoms with Gasteiger partial charge in [-0.25, -0.2) is 9.59 Å². The van der Waals surface area contributed by atoms with E-state index in [2.05, 4.69) is 33.5 Å². The molecule has 6 aliphatic heterocycles. The van der Waals surface area contributed by atoms with E-state index in [0.717, 1.165) is 27.6 Å². The number of carboxylic acids is 2. The molecule has 0 radical (unpaired) electrons. The van der Waals surface area contributed by atoms with E-state index in [1.807, 2.05) is 74.3 Å². The number of aliphatic carboxylic acids is 2. The second-order valence-corrected chi connectivity index (χ2v) is 24.9. The molecule has 85 heavy (non-hydrogen) atoms. The maximum atomic E-state index is 16.0. The SMILES string of the molecule is CCC1=C[C@H]2C[C@](C(=O)OC)(c3cc4c(cc3OC)N(C)[C@H]3[C@@](O)(C(=O)OC)[C@H](OC(C)=O)[C@]5(CC)C=CCN6CC[C@]43[C@@H]65)c3[nH]c4ccccc4c3CC[N+](CC(=O)N3CCC[C@H]3C(=O)N[C@H](C(=O)N[C@@H](CC(=O)O)C(=O)O)[C@@H](C)CC)(C1)C2. The predicted octanol–water partition coefficient (Wildman–Crippen LogP) is 3.88. The number of nitrogens with one attached hydrogen (secondary N) is 3. The molecular formula is C63H82N7O15+. The average molecular weight is 1180 g/mol. The van der Waals surface area contributed by atoms with Crippen LogP contribution in [0.5, 0.6) is 5.75 Å². The van der Waals surface area contributed by atoms with Crippen molar-refractivity contribution < 1.29 is 77.1 Å². The summed E-state index contributed by atoms with van der Waals surface area (Å²) in [6.45, 7) is 11.7. The van der Waals surface area contributed by atoms with E-state index < -0.39 is 112 Å². The van der Waals surface area contributed by atoms with Gasteiger partial charge >= 0.3 is 29.8 Å². The van der Waals surface area contributed by atoms with Crippen LogP contribution in [0.15, 0.2) is 60.2 Å². The largest absolute Gasteiger partial charge is 0.496 e. The van der Waals surface area contributed by atoms with Crippen molar-refractivity contribution in [1.82, 2.24) is 25.4 Å². The van der Waals surface area contributed by atoms with Crippen LogP contribution in [0, 0.1) is 17.3 Å². The maximum absolute atomic E-state index is 16.0. The van der Waals surface area contributed by atoms with Gasteiger partial charge in [0.1, 0.15) is 35.8 Å². The molecule has 3 aromatic rings. The fraction of sp³-hybridized carbons (Fsp3) is 0.587. The number of rotatable bonds is 18. The molecule has 458 valence electrons. The lowest BCUT2D eigenvalue weighted by molar-refractivity contribution is -0.921. The molecule has 7 aliphatic rings. The van der Waals surface area contributed by atoms with Gasteiger partial charge in [-0.3, -0.25) is 33.7 Å². The third kappa shape index (κ3) is 9.55. The summed E-state index contributed by atoms with van der Waals surface area (Å²) in [6.07, 6.45) is 7.37. The molecule has 22 nitrogen and oxygen atoms in total. The van der Waals surface area contributed by atoms with E-state index in [1.165, 1.54) is 21.1 Å². The smallest absolute Gasteiger partial charge is 0.344 e. The first-order chi connectivity index (χ1) is 40.5. The minimum atomic E-state index is -2.40. The van der Waals surface area contributed by atoms with Crippen molar-refractivity contribution in [3.05, 3.63) is 82.6 Å². The number of carbonyl (C=O) groups excluding carboxylic acids is 6. The second kappa shape index (κ2) is 22.8. The summed E-state index contributed by atoms with van der Waals surface area (Å²) in [6, 6.07) is 6.48. The summed E-state index contributed by atoms with van der Waals surface area (Å²) < 4.78 is 24.6. The van der Waals surface area contributed by atoms with Crippen molar-refractivity contribution in [2.45, 2.75) is 145 Å². The average Bonchev–Trinajstić information content (AvgIpc) is 1.54. The molecule has 2 bridgehead atoms. The highest BCUT2D eigenvalue weighted by Gasteiger charge is 2.80. The lowest BCUT2D eigenvalue weighted by Gasteiger charge is -2.63. The number of aliphatic hydroxyl groups is 1. The number of para-hydroxylation sites is 1. The molecule has 1 spiro atoms. The minimum absolute atomic E-state index is 0.00660. The fourth-order valence-electron chi connectivity index (χ4n) is 16.9.